The van der Waals surface area contributed by atoms with Crippen molar-refractivity contribution in [1.82, 2.24) is 10.2 Å². The highest BCUT2D eigenvalue weighted by molar-refractivity contribution is 9.10. The van der Waals surface area contributed by atoms with Crippen molar-refractivity contribution in [2.75, 3.05) is 26.7 Å². The van der Waals surface area contributed by atoms with Gasteiger partial charge in [-0.2, -0.15) is 0 Å². The van der Waals surface area contributed by atoms with Gasteiger partial charge < -0.3 is 15.0 Å². The van der Waals surface area contributed by atoms with Crippen LogP contribution in [0.1, 0.15) is 17.3 Å². The highest BCUT2D eigenvalue weighted by Crippen LogP contribution is 2.24. The van der Waals surface area contributed by atoms with Gasteiger partial charge in [0, 0.05) is 30.1 Å². The van der Waals surface area contributed by atoms with Crippen molar-refractivity contribution in [3.63, 3.8) is 0 Å². The summed E-state index contributed by atoms with van der Waals surface area (Å²) < 4.78 is 6.14. The van der Waals surface area contributed by atoms with Crippen molar-refractivity contribution in [2.45, 2.75) is 13.0 Å². The molecular formula is C13H17BrN2O2. The van der Waals surface area contributed by atoms with Crippen LogP contribution in [0.5, 0.6) is 5.75 Å². The largest absolute Gasteiger partial charge is 0.496 e. The monoisotopic (exact) mass is 312 g/mol. The van der Waals surface area contributed by atoms with Crippen molar-refractivity contribution in [3.8, 4) is 5.75 Å². The second-order valence-electron chi connectivity index (χ2n) is 4.45. The quantitative estimate of drug-likeness (QED) is 0.907. The summed E-state index contributed by atoms with van der Waals surface area (Å²) in [6.07, 6.45) is 0. The second kappa shape index (κ2) is 5.71. The fraction of sp³-hybridized carbons (Fsp3) is 0.462. The lowest BCUT2D eigenvalue weighted by Gasteiger charge is -2.32. The van der Waals surface area contributed by atoms with Gasteiger partial charge in [0.15, 0.2) is 0 Å². The molecule has 0 spiro atoms. The number of rotatable bonds is 2. The van der Waals surface area contributed by atoms with E-state index in [4.69, 9.17) is 4.74 Å². The highest BCUT2D eigenvalue weighted by atomic mass is 79.9. The van der Waals surface area contributed by atoms with Crippen molar-refractivity contribution in [3.05, 3.63) is 28.2 Å². The first-order chi connectivity index (χ1) is 8.61. The maximum atomic E-state index is 12.5. The topological polar surface area (TPSA) is 41.6 Å². The van der Waals surface area contributed by atoms with Crippen molar-refractivity contribution in [2.24, 2.45) is 0 Å². The number of piperazine rings is 1. The molecule has 5 heteroatoms. The second-order valence-corrected chi connectivity index (χ2v) is 5.37. The van der Waals surface area contributed by atoms with E-state index in [2.05, 4.69) is 28.2 Å². The number of benzene rings is 1. The van der Waals surface area contributed by atoms with Crippen LogP contribution in [0.3, 0.4) is 0 Å². The predicted molar refractivity (Wildman–Crippen MR) is 74.1 cm³/mol. The summed E-state index contributed by atoms with van der Waals surface area (Å²) in [5.74, 6) is 0.649. The molecule has 1 N–H and O–H groups in total. The van der Waals surface area contributed by atoms with Crippen molar-refractivity contribution >= 4 is 21.8 Å². The van der Waals surface area contributed by atoms with E-state index in [9.17, 15) is 4.79 Å². The van der Waals surface area contributed by atoms with Gasteiger partial charge in [-0.3, -0.25) is 4.79 Å². The molecule has 1 aromatic carbocycles. The molecule has 0 saturated carbocycles. The number of carbonyl (C=O) groups is 1. The van der Waals surface area contributed by atoms with Gasteiger partial charge in [-0.25, -0.2) is 0 Å². The third-order valence-corrected chi connectivity index (χ3v) is 3.54. The van der Waals surface area contributed by atoms with Gasteiger partial charge in [0.05, 0.1) is 12.7 Å². The van der Waals surface area contributed by atoms with Gasteiger partial charge in [0.1, 0.15) is 5.75 Å². The third kappa shape index (κ3) is 2.84. The van der Waals surface area contributed by atoms with Gasteiger partial charge in [-0.15, -0.1) is 0 Å². The molecule has 1 saturated heterocycles. The van der Waals surface area contributed by atoms with Gasteiger partial charge in [-0.05, 0) is 25.1 Å². The third-order valence-electron chi connectivity index (χ3n) is 3.05. The first kappa shape index (κ1) is 13.4. The summed E-state index contributed by atoms with van der Waals surface area (Å²) in [6, 6.07) is 5.83. The smallest absolute Gasteiger partial charge is 0.257 e. The first-order valence-corrected chi connectivity index (χ1v) is 6.77. The van der Waals surface area contributed by atoms with Crippen molar-refractivity contribution in [1.29, 1.82) is 0 Å². The van der Waals surface area contributed by atoms with Crippen molar-refractivity contribution < 1.29 is 9.53 Å². The average Bonchev–Trinajstić information content (AvgIpc) is 2.38. The number of hydrogen-bond donors (Lipinski definition) is 1. The number of carbonyl (C=O) groups excluding carboxylic acids is 1. The molecule has 1 atom stereocenters. The van der Waals surface area contributed by atoms with Crippen LogP contribution in [0.15, 0.2) is 22.7 Å². The van der Waals surface area contributed by atoms with Gasteiger partial charge in [0.25, 0.3) is 5.91 Å². The molecule has 98 valence electrons. The lowest BCUT2D eigenvalue weighted by atomic mass is 10.1. The SMILES string of the molecule is COc1ccc(Br)cc1C(=O)N1CCN[C@@H](C)C1. The van der Waals surface area contributed by atoms with E-state index >= 15 is 0 Å². The Balaban J connectivity index is 2.24. The Labute approximate surface area is 115 Å². The van der Waals surface area contributed by atoms with Crippen LogP contribution in [-0.4, -0.2) is 43.6 Å². The molecule has 1 heterocycles. The molecule has 0 aromatic heterocycles. The van der Waals surface area contributed by atoms with Gasteiger partial charge in [-0.1, -0.05) is 15.9 Å². The Bertz CT molecular complexity index is 451. The van der Waals surface area contributed by atoms with E-state index in [0.29, 0.717) is 17.4 Å². The lowest BCUT2D eigenvalue weighted by Crippen LogP contribution is -2.51. The molecule has 1 amide bonds. The number of ether oxygens (including phenoxy) is 1. The van der Waals surface area contributed by atoms with Crippen LogP contribution in [0.25, 0.3) is 0 Å². The molecule has 0 radical (unpaired) electrons. The number of nitrogens with one attached hydrogen (secondary N) is 1. The molecule has 1 aliphatic rings. The first-order valence-electron chi connectivity index (χ1n) is 5.98. The molecule has 0 bridgehead atoms. The number of hydrogen-bond acceptors (Lipinski definition) is 3. The molecular weight excluding hydrogens is 296 g/mol. The average molecular weight is 313 g/mol. The molecule has 4 nitrogen and oxygen atoms in total. The fourth-order valence-corrected chi connectivity index (χ4v) is 2.50. The zero-order valence-electron chi connectivity index (χ0n) is 10.6. The minimum Gasteiger partial charge on any atom is -0.496 e. The number of nitrogens with zero attached hydrogens (tertiary/aromatic N) is 1. The summed E-state index contributed by atoms with van der Waals surface area (Å²) in [7, 11) is 1.58. The van der Waals surface area contributed by atoms with Crippen LogP contribution in [0.4, 0.5) is 0 Å². The summed E-state index contributed by atoms with van der Waals surface area (Å²) >= 11 is 3.39. The van der Waals surface area contributed by atoms with Crippen LogP contribution in [-0.2, 0) is 0 Å². The Morgan fingerprint density at radius 3 is 3.00 bits per heavy atom. The highest BCUT2D eigenvalue weighted by Gasteiger charge is 2.24. The zero-order valence-corrected chi connectivity index (χ0v) is 12.2. The standard InChI is InChI=1S/C13H17BrN2O2/c1-9-8-16(6-5-15-9)13(17)11-7-10(14)3-4-12(11)18-2/h3-4,7,9,15H,5-6,8H2,1-2H3/t9-/m0/s1. The maximum absolute atomic E-state index is 12.5. The Kier molecular flexibility index (Phi) is 4.24. The molecule has 18 heavy (non-hydrogen) atoms. The van der Waals surface area contributed by atoms with E-state index in [0.717, 1.165) is 24.1 Å². The van der Waals surface area contributed by atoms with E-state index in [1.165, 1.54) is 0 Å². The van der Waals surface area contributed by atoms with Crippen LogP contribution in [0, 0.1) is 0 Å². The minimum absolute atomic E-state index is 0.0292. The molecule has 1 fully saturated rings. The summed E-state index contributed by atoms with van der Waals surface area (Å²) in [4.78, 5) is 14.3. The minimum atomic E-state index is 0.0292. The van der Waals surface area contributed by atoms with Gasteiger partial charge in [0.2, 0.25) is 0 Å². The Morgan fingerprint density at radius 1 is 1.56 bits per heavy atom. The Hall–Kier alpha value is -1.07. The van der Waals surface area contributed by atoms with E-state index < -0.39 is 0 Å². The fourth-order valence-electron chi connectivity index (χ4n) is 2.13. The van der Waals surface area contributed by atoms with Crippen LogP contribution in [0.2, 0.25) is 0 Å². The van der Waals surface area contributed by atoms with E-state index in [-0.39, 0.29) is 5.91 Å². The van der Waals surface area contributed by atoms with E-state index in [1.54, 1.807) is 7.11 Å². The summed E-state index contributed by atoms with van der Waals surface area (Å²) in [6.45, 7) is 4.38. The lowest BCUT2D eigenvalue weighted by molar-refractivity contribution is 0.0705. The number of amides is 1. The van der Waals surface area contributed by atoms with Crippen LogP contribution < -0.4 is 10.1 Å². The molecule has 1 aromatic rings. The Morgan fingerprint density at radius 2 is 2.33 bits per heavy atom. The molecule has 0 unspecified atom stereocenters. The van der Waals surface area contributed by atoms with Crippen LogP contribution >= 0.6 is 15.9 Å². The predicted octanol–water partition coefficient (Wildman–Crippen LogP) is 1.89. The summed E-state index contributed by atoms with van der Waals surface area (Å²) in [5, 5.41) is 3.32. The number of halogens is 1. The summed E-state index contributed by atoms with van der Waals surface area (Å²) in [5.41, 5.74) is 0.612. The molecule has 0 aliphatic carbocycles. The normalized spacial score (nSPS) is 19.7. The molecule has 2 rings (SSSR count). The van der Waals surface area contributed by atoms with E-state index in [1.807, 2.05) is 23.1 Å². The van der Waals surface area contributed by atoms with Gasteiger partial charge >= 0.3 is 0 Å². The zero-order chi connectivity index (χ0) is 13.1. The maximum Gasteiger partial charge on any atom is 0.257 e. The molecule has 1 aliphatic heterocycles. The number of methoxy groups -OCH3 is 1.